The van der Waals surface area contributed by atoms with E-state index in [2.05, 4.69) is 108 Å². The maximum atomic E-state index is 15.6. The molecule has 10 nitrogen and oxygen atoms in total. The number of nitrogens with zero attached hydrogens (tertiary/aromatic N) is 1. The molecule has 0 aromatic heterocycles. The molecule has 1 atom stereocenters. The van der Waals surface area contributed by atoms with Gasteiger partial charge in [-0.25, -0.2) is 4.79 Å². The van der Waals surface area contributed by atoms with Crippen LogP contribution in [0.1, 0.15) is 57.7 Å². The van der Waals surface area contributed by atoms with Crippen LogP contribution in [-0.2, 0) is 32.0 Å². The van der Waals surface area contributed by atoms with Crippen molar-refractivity contribution in [1.29, 1.82) is 0 Å². The Morgan fingerprint density at radius 1 is 0.671 bits per heavy atom. The molecule has 0 heterocycles. The van der Waals surface area contributed by atoms with Crippen molar-refractivity contribution >= 4 is 29.7 Å². The zero-order chi connectivity index (χ0) is 48.7. The van der Waals surface area contributed by atoms with Crippen molar-refractivity contribution in [3.63, 3.8) is 0 Å². The maximum absolute atomic E-state index is 15.6. The molecule has 0 fully saturated rings. The Labute approximate surface area is 415 Å². The van der Waals surface area contributed by atoms with Crippen molar-refractivity contribution in [1.82, 2.24) is 15.5 Å². The summed E-state index contributed by atoms with van der Waals surface area (Å²) in [5.41, 5.74) is 9.24. The summed E-state index contributed by atoms with van der Waals surface area (Å²) in [5.74, 6) is 1.39. The average molecular weight is 954 g/mol. The number of nitrogens with one attached hydrogen (secondary N) is 2. The van der Waals surface area contributed by atoms with Gasteiger partial charge < -0.3 is 34.5 Å². The molecule has 7 aromatic carbocycles. The fraction of sp³-hybridized carbons (Fsp3) is 0.237. The molecule has 7 aromatic rings. The van der Waals surface area contributed by atoms with Crippen LogP contribution in [0.5, 0.6) is 17.2 Å². The second-order valence-corrected chi connectivity index (χ2v) is 18.3. The molecule has 0 saturated heterocycles. The number of thioether (sulfide) groups is 1. The molecule has 1 aliphatic rings. The second kappa shape index (κ2) is 23.7. The van der Waals surface area contributed by atoms with Gasteiger partial charge in [0.15, 0.2) is 0 Å². The summed E-state index contributed by atoms with van der Waals surface area (Å²) in [6, 6.07) is 60.0. The van der Waals surface area contributed by atoms with E-state index in [1.807, 2.05) is 72.8 Å². The molecule has 8 rings (SSSR count). The van der Waals surface area contributed by atoms with E-state index in [0.29, 0.717) is 48.0 Å². The fourth-order valence-electron chi connectivity index (χ4n) is 9.34. The Balaban J connectivity index is 1.13. The molecule has 3 amide bonds. The molecule has 2 N–H and O–H groups in total. The second-order valence-electron chi connectivity index (χ2n) is 17.0. The van der Waals surface area contributed by atoms with E-state index in [1.54, 1.807) is 50.1 Å². The van der Waals surface area contributed by atoms with Gasteiger partial charge in [0.1, 0.15) is 29.9 Å². The SMILES string of the molecule is CNC(=O)CCCOc1cc(OC)c(CN(CCSC(c2ccccc2)(c2ccccc2)c2ccccc2)C(=O)[C@H](Cc2ccccc2)NC(=O)OCC2c3ccccc3-c3ccccc32)c(OC)c1. The van der Waals surface area contributed by atoms with Crippen LogP contribution in [0.25, 0.3) is 11.1 Å². The highest BCUT2D eigenvalue weighted by molar-refractivity contribution is 8.00. The predicted octanol–water partition coefficient (Wildman–Crippen LogP) is 10.8. The van der Waals surface area contributed by atoms with E-state index < -0.39 is 16.9 Å². The van der Waals surface area contributed by atoms with Gasteiger partial charge in [-0.2, -0.15) is 0 Å². The topological polar surface area (TPSA) is 115 Å². The van der Waals surface area contributed by atoms with Crippen molar-refractivity contribution in [2.75, 3.05) is 46.8 Å². The quantitative estimate of drug-likeness (QED) is 0.0510. The summed E-state index contributed by atoms with van der Waals surface area (Å²) < 4.78 is 23.5. The summed E-state index contributed by atoms with van der Waals surface area (Å²) in [6.07, 6.45) is 0.371. The van der Waals surface area contributed by atoms with Crippen LogP contribution in [0.3, 0.4) is 0 Å². The Kier molecular flexibility index (Phi) is 16.6. The molecule has 0 spiro atoms. The fourth-order valence-corrected chi connectivity index (χ4v) is 10.9. The summed E-state index contributed by atoms with van der Waals surface area (Å²) in [4.78, 5) is 43.4. The van der Waals surface area contributed by atoms with E-state index in [0.717, 1.165) is 44.5 Å². The highest BCUT2D eigenvalue weighted by Crippen LogP contribution is 2.49. The van der Waals surface area contributed by atoms with Gasteiger partial charge in [-0.1, -0.05) is 170 Å². The summed E-state index contributed by atoms with van der Waals surface area (Å²) >= 11 is 1.75. The first-order valence-corrected chi connectivity index (χ1v) is 24.6. The standard InChI is InChI=1S/C59H59N3O7S/c1-60-56(63)33-20-35-68-46-38-54(66-2)51(55(39-46)67-3)40-62(34-36-70-59(43-23-10-5-11-24-43,44-25-12-6-13-26-44)45-27-14-7-15-28-45)57(64)53(37-42-21-8-4-9-22-42)61-58(65)69-41-52-49-31-18-16-29-47(49)48-30-17-19-32-50(48)52/h4-19,21-32,38-39,52-53H,20,33-37,40-41H2,1-3H3,(H,60,63)(H,61,65)/t53-/m0/s1. The minimum absolute atomic E-state index is 0.0655. The van der Waals surface area contributed by atoms with Crippen LogP contribution in [0.2, 0.25) is 0 Å². The van der Waals surface area contributed by atoms with Crippen LogP contribution in [0.4, 0.5) is 4.79 Å². The maximum Gasteiger partial charge on any atom is 0.407 e. The summed E-state index contributed by atoms with van der Waals surface area (Å²) in [6.45, 7) is 0.756. The number of carbonyl (C=O) groups is 3. The van der Waals surface area contributed by atoms with Crippen LogP contribution in [0, 0.1) is 0 Å². The van der Waals surface area contributed by atoms with Crippen molar-refractivity contribution in [3.05, 3.63) is 221 Å². The van der Waals surface area contributed by atoms with E-state index in [1.165, 1.54) is 0 Å². The van der Waals surface area contributed by atoms with Crippen LogP contribution >= 0.6 is 11.8 Å². The molecular formula is C59H59N3O7S. The number of hydrogen-bond acceptors (Lipinski definition) is 8. The van der Waals surface area contributed by atoms with E-state index in [9.17, 15) is 9.59 Å². The van der Waals surface area contributed by atoms with Gasteiger partial charge in [0.05, 0.1) is 37.7 Å². The lowest BCUT2D eigenvalue weighted by atomic mass is 9.84. The largest absolute Gasteiger partial charge is 0.496 e. The molecule has 0 radical (unpaired) electrons. The Bertz CT molecular complexity index is 2660. The zero-order valence-electron chi connectivity index (χ0n) is 39.8. The molecule has 0 saturated carbocycles. The van der Waals surface area contributed by atoms with Gasteiger partial charge in [0.2, 0.25) is 11.8 Å². The van der Waals surface area contributed by atoms with Gasteiger partial charge >= 0.3 is 6.09 Å². The summed E-state index contributed by atoms with van der Waals surface area (Å²) in [5, 5.41) is 5.66. The highest BCUT2D eigenvalue weighted by Gasteiger charge is 2.38. The Morgan fingerprint density at radius 2 is 1.17 bits per heavy atom. The molecule has 0 aliphatic heterocycles. The van der Waals surface area contributed by atoms with Crippen LogP contribution in [-0.4, -0.2) is 75.6 Å². The number of alkyl carbamates (subject to hydrolysis) is 1. The number of rotatable bonds is 22. The van der Waals surface area contributed by atoms with Gasteiger partial charge in [0, 0.05) is 50.2 Å². The van der Waals surface area contributed by atoms with E-state index in [4.69, 9.17) is 18.9 Å². The number of ether oxygens (including phenoxy) is 4. The molecule has 0 bridgehead atoms. The molecule has 70 heavy (non-hydrogen) atoms. The molecule has 358 valence electrons. The molecule has 1 aliphatic carbocycles. The molecular weight excluding hydrogens is 895 g/mol. The van der Waals surface area contributed by atoms with Crippen molar-refractivity contribution < 1.29 is 33.3 Å². The third-order valence-corrected chi connectivity index (χ3v) is 14.3. The first-order valence-electron chi connectivity index (χ1n) is 23.7. The van der Waals surface area contributed by atoms with Crippen LogP contribution in [0.15, 0.2) is 182 Å². The monoisotopic (exact) mass is 953 g/mol. The van der Waals surface area contributed by atoms with Crippen molar-refractivity contribution in [2.24, 2.45) is 0 Å². The number of benzene rings is 7. The number of methoxy groups -OCH3 is 2. The van der Waals surface area contributed by atoms with E-state index in [-0.39, 0.29) is 43.8 Å². The third-order valence-electron chi connectivity index (χ3n) is 12.8. The molecule has 0 unspecified atom stereocenters. The van der Waals surface area contributed by atoms with Gasteiger partial charge in [-0.3, -0.25) is 9.59 Å². The Hall–Kier alpha value is -7.50. The number of amides is 3. The highest BCUT2D eigenvalue weighted by atomic mass is 32.2. The van der Waals surface area contributed by atoms with Gasteiger partial charge in [-0.05, 0) is 50.9 Å². The van der Waals surface area contributed by atoms with Crippen LogP contribution < -0.4 is 24.8 Å². The van der Waals surface area contributed by atoms with Crippen molar-refractivity contribution in [2.45, 2.75) is 42.5 Å². The number of fused-ring (bicyclic) bond motifs is 3. The smallest absolute Gasteiger partial charge is 0.407 e. The third kappa shape index (κ3) is 11.3. The molecule has 11 heteroatoms. The number of carbonyl (C=O) groups excluding carboxylic acids is 3. The predicted molar refractivity (Wildman–Crippen MR) is 278 cm³/mol. The average Bonchev–Trinajstić information content (AvgIpc) is 3.74. The van der Waals surface area contributed by atoms with E-state index >= 15 is 4.79 Å². The number of hydrogen-bond donors (Lipinski definition) is 2. The normalized spacial score (nSPS) is 12.2. The lowest BCUT2D eigenvalue weighted by molar-refractivity contribution is -0.133. The van der Waals surface area contributed by atoms with Gasteiger partial charge in [0.25, 0.3) is 0 Å². The lowest BCUT2D eigenvalue weighted by Crippen LogP contribution is -2.50. The lowest BCUT2D eigenvalue weighted by Gasteiger charge is -2.36. The minimum atomic E-state index is -1.01. The first kappa shape index (κ1) is 48.9. The minimum Gasteiger partial charge on any atom is -0.496 e. The Morgan fingerprint density at radius 3 is 1.69 bits per heavy atom. The van der Waals surface area contributed by atoms with Gasteiger partial charge in [-0.15, -0.1) is 11.8 Å². The zero-order valence-corrected chi connectivity index (χ0v) is 40.7. The first-order chi connectivity index (χ1) is 34.3. The van der Waals surface area contributed by atoms with Crippen molar-refractivity contribution in [3.8, 4) is 28.4 Å². The summed E-state index contributed by atoms with van der Waals surface area (Å²) in [7, 11) is 4.75.